The molecule has 0 aliphatic rings. The average molecular weight is 457 g/mol. The molecule has 0 saturated heterocycles. The second kappa shape index (κ2) is 7.51. The van der Waals surface area contributed by atoms with Crippen LogP contribution in [0.4, 0.5) is 4.39 Å². The van der Waals surface area contributed by atoms with Crippen molar-refractivity contribution in [2.24, 2.45) is 0 Å². The summed E-state index contributed by atoms with van der Waals surface area (Å²) in [5.41, 5.74) is 3.08. The molecule has 0 aliphatic heterocycles. The Balaban J connectivity index is 1.67. The van der Waals surface area contributed by atoms with Crippen LogP contribution >= 0.6 is 22.9 Å². The van der Waals surface area contributed by atoms with Gasteiger partial charge in [0, 0.05) is 34.2 Å². The fourth-order valence-corrected chi connectivity index (χ4v) is 4.89. The molecule has 4 aromatic heterocycles. The van der Waals surface area contributed by atoms with Crippen molar-refractivity contribution in [3.63, 3.8) is 0 Å². The maximum absolute atomic E-state index is 14.6. The Bertz CT molecular complexity index is 1620. The standard InChI is InChI=1S/C25H14ClFN4S/c26-23-8-7-22(32-23)15-5-6-20-18(13-15)25(31-12-10-16-14-28-11-9-21(16)31)30-24(29-20)17-3-1-2-4-19(17)27/h1-14H. The summed E-state index contributed by atoms with van der Waals surface area (Å²) in [7, 11) is 0. The molecule has 7 heteroatoms. The van der Waals surface area contributed by atoms with E-state index in [0.29, 0.717) is 17.2 Å². The Morgan fingerprint density at radius 3 is 2.69 bits per heavy atom. The van der Waals surface area contributed by atoms with Gasteiger partial charge in [0.2, 0.25) is 0 Å². The van der Waals surface area contributed by atoms with E-state index in [1.807, 2.05) is 53.4 Å². The second-order valence-corrected chi connectivity index (χ2v) is 9.02. The lowest BCUT2D eigenvalue weighted by molar-refractivity contribution is 0.630. The van der Waals surface area contributed by atoms with Gasteiger partial charge in [-0.3, -0.25) is 4.98 Å². The van der Waals surface area contributed by atoms with Gasteiger partial charge in [-0.2, -0.15) is 0 Å². The quantitative estimate of drug-likeness (QED) is 0.284. The number of halogens is 2. The number of fused-ring (bicyclic) bond motifs is 2. The van der Waals surface area contributed by atoms with Gasteiger partial charge < -0.3 is 4.57 Å². The Kier molecular flexibility index (Phi) is 4.48. The van der Waals surface area contributed by atoms with Crippen LogP contribution in [0, 0.1) is 5.82 Å². The number of hydrogen-bond acceptors (Lipinski definition) is 4. The fraction of sp³-hybridized carbons (Fsp3) is 0. The topological polar surface area (TPSA) is 43.6 Å². The molecule has 32 heavy (non-hydrogen) atoms. The number of pyridine rings is 1. The highest BCUT2D eigenvalue weighted by atomic mass is 35.5. The Labute approximate surface area is 191 Å². The van der Waals surface area contributed by atoms with E-state index in [1.54, 1.807) is 24.4 Å². The molecule has 0 amide bonds. The lowest BCUT2D eigenvalue weighted by Crippen LogP contribution is -2.02. The fourth-order valence-electron chi connectivity index (χ4n) is 3.85. The normalized spacial score (nSPS) is 11.4. The number of hydrogen-bond donors (Lipinski definition) is 0. The summed E-state index contributed by atoms with van der Waals surface area (Å²) in [4.78, 5) is 14.8. The van der Waals surface area contributed by atoms with Crippen molar-refractivity contribution in [3.8, 4) is 27.6 Å². The molecular weight excluding hydrogens is 443 g/mol. The van der Waals surface area contributed by atoms with Crippen molar-refractivity contribution in [1.82, 2.24) is 19.5 Å². The third-order valence-corrected chi connectivity index (χ3v) is 6.65. The minimum absolute atomic E-state index is 0.341. The second-order valence-electron chi connectivity index (χ2n) is 7.31. The van der Waals surface area contributed by atoms with Crippen LogP contribution in [-0.4, -0.2) is 19.5 Å². The molecule has 0 fully saturated rings. The molecule has 0 N–H and O–H groups in total. The third kappa shape index (κ3) is 3.16. The van der Waals surface area contributed by atoms with Gasteiger partial charge in [-0.15, -0.1) is 11.3 Å². The first-order valence-corrected chi connectivity index (χ1v) is 11.1. The molecule has 4 heterocycles. The van der Waals surface area contributed by atoms with Crippen molar-refractivity contribution < 1.29 is 4.39 Å². The van der Waals surface area contributed by atoms with Crippen molar-refractivity contribution in [1.29, 1.82) is 0 Å². The van der Waals surface area contributed by atoms with Crippen molar-refractivity contribution in [2.45, 2.75) is 0 Å². The van der Waals surface area contributed by atoms with Crippen molar-refractivity contribution >= 4 is 44.7 Å². The van der Waals surface area contributed by atoms with Gasteiger partial charge in [0.05, 0.1) is 20.9 Å². The van der Waals surface area contributed by atoms with Gasteiger partial charge in [-0.25, -0.2) is 14.4 Å². The van der Waals surface area contributed by atoms with Crippen LogP contribution in [0.15, 0.2) is 85.3 Å². The summed E-state index contributed by atoms with van der Waals surface area (Å²) in [6.45, 7) is 0. The SMILES string of the molecule is Fc1ccccc1-c1nc(-n2ccc3cnccc32)c2cc(-c3ccc(Cl)s3)ccc2n1. The summed E-state index contributed by atoms with van der Waals surface area (Å²) in [6, 6.07) is 20.4. The molecule has 0 atom stereocenters. The average Bonchev–Trinajstić information content (AvgIpc) is 3.45. The monoisotopic (exact) mass is 456 g/mol. The van der Waals surface area contributed by atoms with E-state index >= 15 is 0 Å². The van der Waals surface area contributed by atoms with Gasteiger partial charge >= 0.3 is 0 Å². The van der Waals surface area contributed by atoms with Crippen LogP contribution in [0.2, 0.25) is 4.34 Å². The third-order valence-electron chi connectivity index (χ3n) is 5.37. The summed E-state index contributed by atoms with van der Waals surface area (Å²) >= 11 is 7.68. The van der Waals surface area contributed by atoms with Crippen LogP contribution in [0.1, 0.15) is 0 Å². The predicted molar refractivity (Wildman–Crippen MR) is 128 cm³/mol. The van der Waals surface area contributed by atoms with E-state index in [9.17, 15) is 4.39 Å². The molecule has 0 radical (unpaired) electrons. The summed E-state index contributed by atoms with van der Waals surface area (Å²) in [5, 5.41) is 1.86. The lowest BCUT2D eigenvalue weighted by atomic mass is 10.1. The van der Waals surface area contributed by atoms with Crippen LogP contribution in [-0.2, 0) is 0 Å². The molecule has 4 nitrogen and oxygen atoms in total. The van der Waals surface area contributed by atoms with Gasteiger partial charge in [-0.05, 0) is 54.1 Å². The first kappa shape index (κ1) is 19.1. The maximum atomic E-state index is 14.6. The predicted octanol–water partition coefficient (Wildman–Crippen LogP) is 7.16. The summed E-state index contributed by atoms with van der Waals surface area (Å²) < 4.78 is 17.3. The van der Waals surface area contributed by atoms with E-state index in [2.05, 4.69) is 11.1 Å². The highest BCUT2D eigenvalue weighted by Crippen LogP contribution is 2.35. The molecule has 0 aliphatic carbocycles. The van der Waals surface area contributed by atoms with Gasteiger partial charge in [-0.1, -0.05) is 29.8 Å². The summed E-state index contributed by atoms with van der Waals surface area (Å²) in [5.74, 6) is 0.664. The van der Waals surface area contributed by atoms with E-state index in [4.69, 9.17) is 21.6 Å². The number of benzene rings is 2. The first-order valence-electron chi connectivity index (χ1n) is 9.91. The van der Waals surface area contributed by atoms with E-state index < -0.39 is 0 Å². The van der Waals surface area contributed by atoms with E-state index in [1.165, 1.54) is 17.4 Å². The molecule has 154 valence electrons. The first-order chi connectivity index (χ1) is 15.7. The molecule has 6 rings (SSSR count). The molecule has 2 aromatic carbocycles. The molecular formula is C25H14ClFN4S. The maximum Gasteiger partial charge on any atom is 0.165 e. The van der Waals surface area contributed by atoms with Gasteiger partial charge in [0.15, 0.2) is 5.82 Å². The largest absolute Gasteiger partial charge is 0.300 e. The zero-order valence-corrected chi connectivity index (χ0v) is 18.1. The molecule has 0 bridgehead atoms. The highest BCUT2D eigenvalue weighted by molar-refractivity contribution is 7.19. The van der Waals surface area contributed by atoms with Crippen LogP contribution in [0.5, 0.6) is 0 Å². The number of aromatic nitrogens is 4. The Morgan fingerprint density at radius 1 is 0.938 bits per heavy atom. The highest BCUT2D eigenvalue weighted by Gasteiger charge is 2.16. The van der Waals surface area contributed by atoms with Crippen LogP contribution in [0.25, 0.3) is 49.5 Å². The van der Waals surface area contributed by atoms with Crippen LogP contribution in [0.3, 0.4) is 0 Å². The molecule has 0 saturated carbocycles. The van der Waals surface area contributed by atoms with E-state index in [0.717, 1.165) is 36.6 Å². The summed E-state index contributed by atoms with van der Waals surface area (Å²) in [6.07, 6.45) is 5.51. The Morgan fingerprint density at radius 2 is 1.84 bits per heavy atom. The number of nitrogens with zero attached hydrogens (tertiary/aromatic N) is 4. The lowest BCUT2D eigenvalue weighted by Gasteiger charge is -2.12. The van der Waals surface area contributed by atoms with Gasteiger partial charge in [0.1, 0.15) is 11.6 Å². The molecule has 0 spiro atoms. The zero-order valence-electron chi connectivity index (χ0n) is 16.5. The Hall–Kier alpha value is -3.61. The number of rotatable bonds is 3. The minimum atomic E-state index is -0.357. The molecule has 6 aromatic rings. The minimum Gasteiger partial charge on any atom is -0.300 e. The smallest absolute Gasteiger partial charge is 0.165 e. The zero-order chi connectivity index (χ0) is 21.7. The van der Waals surface area contributed by atoms with Crippen molar-refractivity contribution in [2.75, 3.05) is 0 Å². The molecule has 0 unspecified atom stereocenters. The van der Waals surface area contributed by atoms with E-state index in [-0.39, 0.29) is 5.82 Å². The van der Waals surface area contributed by atoms with Crippen LogP contribution < -0.4 is 0 Å². The number of thiophene rings is 1. The van der Waals surface area contributed by atoms with Crippen molar-refractivity contribution in [3.05, 3.63) is 95.5 Å². The van der Waals surface area contributed by atoms with Gasteiger partial charge in [0.25, 0.3) is 0 Å².